The number of hydrogen-bond acceptors (Lipinski definition) is 4. The van der Waals surface area contributed by atoms with Crippen LogP contribution in [0.4, 0.5) is 0 Å². The molecule has 1 saturated heterocycles. The highest BCUT2D eigenvalue weighted by atomic mass is 16.5. The van der Waals surface area contributed by atoms with Crippen LogP contribution in [-0.4, -0.2) is 50.3 Å². The number of hydrogen-bond donors (Lipinski definition) is 0. The van der Waals surface area contributed by atoms with Gasteiger partial charge in [-0.25, -0.2) is 0 Å². The first-order valence-corrected chi connectivity index (χ1v) is 6.72. The Morgan fingerprint density at radius 2 is 1.85 bits per heavy atom. The molecule has 20 heavy (non-hydrogen) atoms. The maximum Gasteiger partial charge on any atom is 0.257 e. The van der Waals surface area contributed by atoms with E-state index in [-0.39, 0.29) is 18.1 Å². The second kappa shape index (κ2) is 6.13. The molecule has 2 atom stereocenters. The van der Waals surface area contributed by atoms with Gasteiger partial charge in [-0.2, -0.15) is 0 Å². The SMILES string of the molecule is COc1ccc(OC)c(C(=O)N2C[C@H](C)O[C@@H](C)C2)c1. The molecule has 0 N–H and O–H groups in total. The average molecular weight is 279 g/mol. The van der Waals surface area contributed by atoms with Crippen LogP contribution in [-0.2, 0) is 4.74 Å². The van der Waals surface area contributed by atoms with Crippen LogP contribution in [0.3, 0.4) is 0 Å². The van der Waals surface area contributed by atoms with Gasteiger partial charge in [0.2, 0.25) is 0 Å². The zero-order valence-corrected chi connectivity index (χ0v) is 12.4. The molecule has 1 amide bonds. The second-order valence-corrected chi connectivity index (χ2v) is 5.03. The van der Waals surface area contributed by atoms with E-state index >= 15 is 0 Å². The first kappa shape index (κ1) is 14.7. The predicted octanol–water partition coefficient (Wildman–Crippen LogP) is 1.95. The summed E-state index contributed by atoms with van der Waals surface area (Å²) in [7, 11) is 3.14. The third-order valence-electron chi connectivity index (χ3n) is 3.34. The zero-order valence-electron chi connectivity index (χ0n) is 12.4. The molecule has 5 heteroatoms. The lowest BCUT2D eigenvalue weighted by Gasteiger charge is -2.35. The molecule has 2 rings (SSSR count). The van der Waals surface area contributed by atoms with E-state index in [1.54, 1.807) is 37.3 Å². The fourth-order valence-corrected chi connectivity index (χ4v) is 2.50. The lowest BCUT2D eigenvalue weighted by molar-refractivity contribution is -0.0586. The molecule has 1 aromatic carbocycles. The van der Waals surface area contributed by atoms with Gasteiger partial charge in [-0.05, 0) is 32.0 Å². The molecule has 0 saturated carbocycles. The molecule has 110 valence electrons. The van der Waals surface area contributed by atoms with Crippen molar-refractivity contribution in [3.05, 3.63) is 23.8 Å². The van der Waals surface area contributed by atoms with Crippen molar-refractivity contribution in [2.75, 3.05) is 27.3 Å². The molecule has 0 aromatic heterocycles. The molecule has 1 fully saturated rings. The summed E-state index contributed by atoms with van der Waals surface area (Å²) in [6.45, 7) is 5.12. The van der Waals surface area contributed by atoms with Gasteiger partial charge in [-0.3, -0.25) is 4.79 Å². The van der Waals surface area contributed by atoms with E-state index in [0.717, 1.165) is 0 Å². The highest BCUT2D eigenvalue weighted by Gasteiger charge is 2.28. The largest absolute Gasteiger partial charge is 0.497 e. The molecule has 0 aliphatic carbocycles. The van der Waals surface area contributed by atoms with Gasteiger partial charge in [0, 0.05) is 13.1 Å². The minimum atomic E-state index is -0.0530. The van der Waals surface area contributed by atoms with Crippen LogP contribution in [0.2, 0.25) is 0 Å². The van der Waals surface area contributed by atoms with Gasteiger partial charge < -0.3 is 19.1 Å². The summed E-state index contributed by atoms with van der Waals surface area (Å²) in [5.74, 6) is 1.15. The molecule has 0 bridgehead atoms. The fourth-order valence-electron chi connectivity index (χ4n) is 2.50. The van der Waals surface area contributed by atoms with Gasteiger partial charge in [-0.15, -0.1) is 0 Å². The summed E-state index contributed by atoms with van der Waals surface area (Å²) in [5, 5.41) is 0. The molecule has 1 aromatic rings. The molecule has 1 aliphatic rings. The molecule has 0 spiro atoms. The topological polar surface area (TPSA) is 48.0 Å². The van der Waals surface area contributed by atoms with Gasteiger partial charge in [0.25, 0.3) is 5.91 Å². The van der Waals surface area contributed by atoms with E-state index in [0.29, 0.717) is 30.2 Å². The van der Waals surface area contributed by atoms with Crippen LogP contribution in [0.25, 0.3) is 0 Å². The number of methoxy groups -OCH3 is 2. The first-order chi connectivity index (χ1) is 9.55. The number of benzene rings is 1. The number of carbonyl (C=O) groups is 1. The zero-order chi connectivity index (χ0) is 14.7. The Hall–Kier alpha value is -1.75. The Morgan fingerprint density at radius 3 is 2.40 bits per heavy atom. The van der Waals surface area contributed by atoms with E-state index < -0.39 is 0 Å². The van der Waals surface area contributed by atoms with Gasteiger partial charge in [-0.1, -0.05) is 0 Å². The Balaban J connectivity index is 2.27. The molecule has 1 heterocycles. The van der Waals surface area contributed by atoms with E-state index in [2.05, 4.69) is 0 Å². The van der Waals surface area contributed by atoms with Gasteiger partial charge in [0.15, 0.2) is 0 Å². The number of carbonyl (C=O) groups excluding carboxylic acids is 1. The third kappa shape index (κ3) is 3.04. The average Bonchev–Trinajstić information content (AvgIpc) is 2.44. The maximum absolute atomic E-state index is 12.7. The highest BCUT2D eigenvalue weighted by molar-refractivity contribution is 5.97. The molecular weight excluding hydrogens is 258 g/mol. The molecule has 5 nitrogen and oxygen atoms in total. The third-order valence-corrected chi connectivity index (χ3v) is 3.34. The summed E-state index contributed by atoms with van der Waals surface area (Å²) in [6, 6.07) is 5.24. The molecule has 1 aliphatic heterocycles. The summed E-state index contributed by atoms with van der Waals surface area (Å²) in [5.41, 5.74) is 0.521. The van der Waals surface area contributed by atoms with Crippen LogP contribution in [0.1, 0.15) is 24.2 Å². The van der Waals surface area contributed by atoms with Crippen LogP contribution in [0.5, 0.6) is 11.5 Å². The summed E-state index contributed by atoms with van der Waals surface area (Å²) in [6.07, 6.45) is 0.0820. The maximum atomic E-state index is 12.7. The lowest BCUT2D eigenvalue weighted by atomic mass is 10.1. The first-order valence-electron chi connectivity index (χ1n) is 6.72. The van der Waals surface area contributed by atoms with Crippen molar-refractivity contribution in [2.45, 2.75) is 26.1 Å². The van der Waals surface area contributed by atoms with Crippen molar-refractivity contribution in [2.24, 2.45) is 0 Å². The molecular formula is C15H21NO4. The summed E-state index contributed by atoms with van der Waals surface area (Å²) >= 11 is 0. The Morgan fingerprint density at radius 1 is 1.20 bits per heavy atom. The number of morpholine rings is 1. The Labute approximate surface area is 119 Å². The molecule has 0 unspecified atom stereocenters. The summed E-state index contributed by atoms with van der Waals surface area (Å²) < 4.78 is 16.1. The standard InChI is InChI=1S/C15H21NO4/c1-10-8-16(9-11(2)20-10)15(17)13-7-12(18-3)5-6-14(13)19-4/h5-7,10-11H,8-9H2,1-4H3/t10-,11-/m0/s1. The van der Waals surface area contributed by atoms with Crippen LogP contribution >= 0.6 is 0 Å². The molecule has 0 radical (unpaired) electrons. The van der Waals surface area contributed by atoms with Crippen molar-refractivity contribution in [3.63, 3.8) is 0 Å². The van der Waals surface area contributed by atoms with Crippen molar-refractivity contribution in [1.29, 1.82) is 0 Å². The van der Waals surface area contributed by atoms with E-state index in [9.17, 15) is 4.79 Å². The Bertz CT molecular complexity index is 479. The van der Waals surface area contributed by atoms with E-state index in [1.807, 2.05) is 13.8 Å². The van der Waals surface area contributed by atoms with Gasteiger partial charge in [0.1, 0.15) is 11.5 Å². The van der Waals surface area contributed by atoms with Crippen molar-refractivity contribution < 1.29 is 19.0 Å². The quantitative estimate of drug-likeness (QED) is 0.848. The minimum absolute atomic E-state index is 0.0410. The predicted molar refractivity (Wildman–Crippen MR) is 75.5 cm³/mol. The van der Waals surface area contributed by atoms with Gasteiger partial charge >= 0.3 is 0 Å². The lowest BCUT2D eigenvalue weighted by Crippen LogP contribution is -2.48. The Kier molecular flexibility index (Phi) is 4.49. The minimum Gasteiger partial charge on any atom is -0.497 e. The number of amides is 1. The van der Waals surface area contributed by atoms with Crippen LogP contribution in [0, 0.1) is 0 Å². The number of ether oxygens (including phenoxy) is 3. The van der Waals surface area contributed by atoms with Crippen molar-refractivity contribution >= 4 is 5.91 Å². The smallest absolute Gasteiger partial charge is 0.257 e. The monoisotopic (exact) mass is 279 g/mol. The van der Waals surface area contributed by atoms with E-state index in [4.69, 9.17) is 14.2 Å². The van der Waals surface area contributed by atoms with Crippen LogP contribution < -0.4 is 9.47 Å². The highest BCUT2D eigenvalue weighted by Crippen LogP contribution is 2.26. The van der Waals surface area contributed by atoms with Crippen molar-refractivity contribution in [1.82, 2.24) is 4.90 Å². The normalized spacial score (nSPS) is 22.5. The second-order valence-electron chi connectivity index (χ2n) is 5.03. The summed E-state index contributed by atoms with van der Waals surface area (Å²) in [4.78, 5) is 14.5. The van der Waals surface area contributed by atoms with Crippen molar-refractivity contribution in [3.8, 4) is 11.5 Å². The van der Waals surface area contributed by atoms with Gasteiger partial charge in [0.05, 0.1) is 32.0 Å². The number of nitrogens with zero attached hydrogens (tertiary/aromatic N) is 1. The van der Waals surface area contributed by atoms with Crippen LogP contribution in [0.15, 0.2) is 18.2 Å². The fraction of sp³-hybridized carbons (Fsp3) is 0.533. The number of rotatable bonds is 3. The van der Waals surface area contributed by atoms with E-state index in [1.165, 1.54) is 0 Å².